The van der Waals surface area contributed by atoms with Crippen LogP contribution in [0.15, 0.2) is 10.9 Å². The van der Waals surface area contributed by atoms with Crippen LogP contribution in [0.2, 0.25) is 0 Å². The Morgan fingerprint density at radius 1 is 1.37 bits per heavy atom. The molecule has 0 atom stereocenters. The summed E-state index contributed by atoms with van der Waals surface area (Å²) in [6, 6.07) is 1.63. The lowest BCUT2D eigenvalue weighted by molar-refractivity contribution is 0.516. The Hall–Kier alpha value is -0.770. The molecule has 4 heteroatoms. The highest BCUT2D eigenvalue weighted by molar-refractivity contribution is 7.99. The van der Waals surface area contributed by atoms with Gasteiger partial charge in [0.1, 0.15) is 5.82 Å². The van der Waals surface area contributed by atoms with Crippen molar-refractivity contribution in [2.45, 2.75) is 63.4 Å². The highest BCUT2D eigenvalue weighted by Crippen LogP contribution is 2.29. The van der Waals surface area contributed by atoms with E-state index in [2.05, 4.69) is 23.8 Å². The average molecular weight is 280 g/mol. The fourth-order valence-corrected chi connectivity index (χ4v) is 3.78. The van der Waals surface area contributed by atoms with Crippen LogP contribution in [0.25, 0.3) is 0 Å². The van der Waals surface area contributed by atoms with Gasteiger partial charge in [-0.15, -0.1) is 0 Å². The SMILES string of the molecule is CC(C)Cc1cc(=O)[nH]c(CSC2CCCCC2)n1. The van der Waals surface area contributed by atoms with E-state index in [-0.39, 0.29) is 5.56 Å². The Bertz CT molecular complexity index is 450. The number of hydrogen-bond acceptors (Lipinski definition) is 3. The van der Waals surface area contributed by atoms with Gasteiger partial charge in [-0.3, -0.25) is 4.79 Å². The zero-order valence-electron chi connectivity index (χ0n) is 11.9. The third-order valence-corrected chi connectivity index (χ3v) is 4.85. The van der Waals surface area contributed by atoms with Crippen molar-refractivity contribution in [3.05, 3.63) is 27.9 Å². The van der Waals surface area contributed by atoms with Gasteiger partial charge >= 0.3 is 0 Å². The Balaban J connectivity index is 1.95. The number of rotatable bonds is 5. The fraction of sp³-hybridized carbons (Fsp3) is 0.733. The molecular weight excluding hydrogens is 256 g/mol. The molecule has 0 amide bonds. The summed E-state index contributed by atoms with van der Waals surface area (Å²) >= 11 is 1.95. The van der Waals surface area contributed by atoms with Crippen molar-refractivity contribution in [1.82, 2.24) is 9.97 Å². The monoisotopic (exact) mass is 280 g/mol. The van der Waals surface area contributed by atoms with Crippen LogP contribution in [0.4, 0.5) is 0 Å². The van der Waals surface area contributed by atoms with Crippen LogP contribution in [0, 0.1) is 5.92 Å². The number of nitrogens with one attached hydrogen (secondary N) is 1. The van der Waals surface area contributed by atoms with Crippen LogP contribution in [-0.4, -0.2) is 15.2 Å². The fourth-order valence-electron chi connectivity index (χ4n) is 2.58. The minimum atomic E-state index is -0.00936. The summed E-state index contributed by atoms with van der Waals surface area (Å²) in [6.07, 6.45) is 7.62. The molecule has 0 spiro atoms. The molecule has 106 valence electrons. The van der Waals surface area contributed by atoms with Gasteiger partial charge in [-0.2, -0.15) is 11.8 Å². The van der Waals surface area contributed by atoms with Gasteiger partial charge in [0.15, 0.2) is 0 Å². The number of aromatic amines is 1. The lowest BCUT2D eigenvalue weighted by Gasteiger charge is -2.20. The van der Waals surface area contributed by atoms with E-state index in [9.17, 15) is 4.79 Å². The lowest BCUT2D eigenvalue weighted by Crippen LogP contribution is -2.15. The predicted molar refractivity (Wildman–Crippen MR) is 81.6 cm³/mol. The molecule has 1 fully saturated rings. The number of thioether (sulfide) groups is 1. The first-order valence-corrected chi connectivity index (χ1v) is 8.39. The van der Waals surface area contributed by atoms with Gasteiger partial charge < -0.3 is 4.98 Å². The second-order valence-corrected chi connectivity index (χ2v) is 7.14. The Morgan fingerprint density at radius 3 is 2.79 bits per heavy atom. The molecule has 1 aliphatic carbocycles. The summed E-state index contributed by atoms with van der Waals surface area (Å²) in [6.45, 7) is 4.30. The maximum Gasteiger partial charge on any atom is 0.251 e. The molecule has 0 aromatic carbocycles. The molecule has 1 saturated carbocycles. The molecule has 1 aliphatic rings. The predicted octanol–water partition coefficient (Wildman–Crippen LogP) is 3.53. The van der Waals surface area contributed by atoms with E-state index in [1.165, 1.54) is 32.1 Å². The van der Waals surface area contributed by atoms with E-state index in [4.69, 9.17) is 0 Å². The van der Waals surface area contributed by atoms with E-state index in [1.807, 2.05) is 11.8 Å². The number of nitrogens with zero attached hydrogens (tertiary/aromatic N) is 1. The summed E-state index contributed by atoms with van der Waals surface area (Å²) in [4.78, 5) is 19.1. The molecule has 0 bridgehead atoms. The molecule has 19 heavy (non-hydrogen) atoms. The van der Waals surface area contributed by atoms with Crippen LogP contribution in [0.1, 0.15) is 57.5 Å². The third-order valence-electron chi connectivity index (χ3n) is 3.47. The normalized spacial score (nSPS) is 17.0. The lowest BCUT2D eigenvalue weighted by atomic mass is 10.0. The molecule has 0 unspecified atom stereocenters. The molecule has 0 radical (unpaired) electrons. The quantitative estimate of drug-likeness (QED) is 0.897. The summed E-state index contributed by atoms with van der Waals surface area (Å²) in [5.74, 6) is 2.22. The Labute approximate surface area is 119 Å². The summed E-state index contributed by atoms with van der Waals surface area (Å²) in [7, 11) is 0. The van der Waals surface area contributed by atoms with Gasteiger partial charge in [-0.1, -0.05) is 33.1 Å². The molecule has 2 rings (SSSR count). The van der Waals surface area contributed by atoms with Crippen LogP contribution in [-0.2, 0) is 12.2 Å². The van der Waals surface area contributed by atoms with Crippen molar-refractivity contribution in [1.29, 1.82) is 0 Å². The second kappa shape index (κ2) is 7.13. The second-order valence-electron chi connectivity index (χ2n) is 5.85. The Kier molecular flexibility index (Phi) is 5.49. The van der Waals surface area contributed by atoms with Crippen molar-refractivity contribution in [2.24, 2.45) is 5.92 Å². The molecule has 0 saturated heterocycles. The third kappa shape index (κ3) is 5.01. The first-order chi connectivity index (χ1) is 9.13. The number of hydrogen-bond donors (Lipinski definition) is 1. The topological polar surface area (TPSA) is 45.8 Å². The molecule has 0 aliphatic heterocycles. The largest absolute Gasteiger partial charge is 0.310 e. The van der Waals surface area contributed by atoms with Crippen molar-refractivity contribution in [3.63, 3.8) is 0 Å². The van der Waals surface area contributed by atoms with Crippen molar-refractivity contribution >= 4 is 11.8 Å². The highest BCUT2D eigenvalue weighted by atomic mass is 32.2. The van der Waals surface area contributed by atoms with E-state index in [1.54, 1.807) is 6.07 Å². The standard InChI is InChI=1S/C15H24N2OS/c1-11(2)8-12-9-15(18)17-14(16-12)10-19-13-6-4-3-5-7-13/h9,11,13H,3-8,10H2,1-2H3,(H,16,17,18). The zero-order valence-corrected chi connectivity index (χ0v) is 12.8. The van der Waals surface area contributed by atoms with Crippen LogP contribution in [0.3, 0.4) is 0 Å². The molecule has 1 aromatic rings. The summed E-state index contributed by atoms with van der Waals surface area (Å²) < 4.78 is 0. The highest BCUT2D eigenvalue weighted by Gasteiger charge is 2.14. The van der Waals surface area contributed by atoms with Gasteiger partial charge in [-0.25, -0.2) is 4.98 Å². The first kappa shape index (κ1) is 14.6. The van der Waals surface area contributed by atoms with E-state index in [0.717, 1.165) is 28.9 Å². The molecule has 3 nitrogen and oxygen atoms in total. The van der Waals surface area contributed by atoms with Gasteiger partial charge in [0.25, 0.3) is 5.56 Å². The minimum absolute atomic E-state index is 0.00936. The average Bonchev–Trinajstić information content (AvgIpc) is 2.36. The molecule has 1 heterocycles. The van der Waals surface area contributed by atoms with Crippen LogP contribution in [0.5, 0.6) is 0 Å². The number of H-pyrrole nitrogens is 1. The minimum Gasteiger partial charge on any atom is -0.310 e. The van der Waals surface area contributed by atoms with Crippen molar-refractivity contribution in [3.8, 4) is 0 Å². The van der Waals surface area contributed by atoms with Gasteiger partial charge in [0.05, 0.1) is 5.75 Å². The van der Waals surface area contributed by atoms with Gasteiger partial charge in [0.2, 0.25) is 0 Å². The summed E-state index contributed by atoms with van der Waals surface area (Å²) in [5, 5.41) is 0.757. The molecule has 1 N–H and O–H groups in total. The van der Waals surface area contributed by atoms with Crippen molar-refractivity contribution < 1.29 is 0 Å². The van der Waals surface area contributed by atoms with Crippen LogP contribution < -0.4 is 5.56 Å². The van der Waals surface area contributed by atoms with Crippen molar-refractivity contribution in [2.75, 3.05) is 0 Å². The Morgan fingerprint density at radius 2 is 2.11 bits per heavy atom. The molecular formula is C15H24N2OS. The number of aromatic nitrogens is 2. The first-order valence-electron chi connectivity index (χ1n) is 7.34. The maximum absolute atomic E-state index is 11.6. The smallest absolute Gasteiger partial charge is 0.251 e. The van der Waals surface area contributed by atoms with E-state index >= 15 is 0 Å². The maximum atomic E-state index is 11.6. The van der Waals surface area contributed by atoms with E-state index < -0.39 is 0 Å². The van der Waals surface area contributed by atoms with Crippen LogP contribution >= 0.6 is 11.8 Å². The summed E-state index contributed by atoms with van der Waals surface area (Å²) in [5.41, 5.74) is 0.919. The van der Waals surface area contributed by atoms with Gasteiger partial charge in [-0.05, 0) is 25.2 Å². The zero-order chi connectivity index (χ0) is 13.7. The van der Waals surface area contributed by atoms with Gasteiger partial charge in [0, 0.05) is 17.0 Å². The molecule has 1 aromatic heterocycles. The van der Waals surface area contributed by atoms with E-state index in [0.29, 0.717) is 5.92 Å².